The van der Waals surface area contributed by atoms with Crippen molar-refractivity contribution in [1.29, 1.82) is 0 Å². The molecule has 0 unspecified atom stereocenters. The zero-order valence-electron chi connectivity index (χ0n) is 4.11. The van der Waals surface area contributed by atoms with E-state index in [1.807, 2.05) is 0 Å². The first-order valence-electron chi connectivity index (χ1n) is 1.86. The Morgan fingerprint density at radius 1 is 1.86 bits per heavy atom. The van der Waals surface area contributed by atoms with Crippen LogP contribution < -0.4 is 0 Å². The average Bonchev–Trinajstić information content (AvgIpc) is 1.65. The van der Waals surface area contributed by atoms with Crippen molar-refractivity contribution in [2.24, 2.45) is 0 Å². The summed E-state index contributed by atoms with van der Waals surface area (Å²) in [5, 5.41) is 8.21. The molecule has 0 aliphatic heterocycles. The van der Waals surface area contributed by atoms with Crippen LogP contribution in [0.2, 0.25) is 0 Å². The molecule has 0 bridgehead atoms. The molecule has 1 N–H and O–H groups in total. The van der Waals surface area contributed by atoms with Crippen LogP contribution in [-0.4, -0.2) is 5.11 Å². The Bertz CT molecular complexity index is 101. The highest BCUT2D eigenvalue weighted by Crippen LogP contribution is 2.03. The average molecular weight is 119 g/mol. The van der Waals surface area contributed by atoms with Gasteiger partial charge in [0.05, 0.1) is 0 Å². The summed E-state index contributed by atoms with van der Waals surface area (Å²) >= 11 is 5.09. The van der Waals surface area contributed by atoms with E-state index in [2.05, 4.69) is 6.58 Å². The Labute approximate surface area is 47.9 Å². The van der Waals surface area contributed by atoms with E-state index >= 15 is 0 Å². The van der Waals surface area contributed by atoms with Crippen LogP contribution in [0.3, 0.4) is 0 Å². The summed E-state index contributed by atoms with van der Waals surface area (Å²) in [5.74, 6) is 0. The number of allylic oxidation sites excluding steroid dienone is 2. The Balaban J connectivity index is 3.98. The monoisotopic (exact) mass is 118 g/mol. The second-order valence-electron chi connectivity index (χ2n) is 1.18. The molecule has 0 aliphatic rings. The van der Waals surface area contributed by atoms with Gasteiger partial charge in [0.1, 0.15) is 0 Å². The molecule has 0 heterocycles. The van der Waals surface area contributed by atoms with Gasteiger partial charge < -0.3 is 5.11 Å². The molecule has 0 spiro atoms. The highest BCUT2D eigenvalue weighted by Gasteiger charge is 1.85. The number of rotatable bonds is 1. The van der Waals surface area contributed by atoms with Gasteiger partial charge in [0.25, 0.3) is 0 Å². The summed E-state index contributed by atoms with van der Waals surface area (Å²) in [6, 6.07) is 0. The fourth-order valence-corrected chi connectivity index (χ4v) is 0.161. The molecule has 0 aromatic carbocycles. The van der Waals surface area contributed by atoms with Crippen molar-refractivity contribution in [1.82, 2.24) is 0 Å². The third-order valence-electron chi connectivity index (χ3n) is 0.632. The van der Waals surface area contributed by atoms with E-state index in [1.54, 1.807) is 6.92 Å². The molecular formula is C5H7ClO. The summed E-state index contributed by atoms with van der Waals surface area (Å²) < 4.78 is 0. The third kappa shape index (κ3) is 2.29. The first-order chi connectivity index (χ1) is 3.18. The van der Waals surface area contributed by atoms with Gasteiger partial charge in [-0.3, -0.25) is 0 Å². The predicted octanol–water partition coefficient (Wildman–Crippen LogP) is 2.20. The highest BCUT2D eigenvalue weighted by molar-refractivity contribution is 6.28. The Kier molecular flexibility index (Phi) is 2.53. The van der Waals surface area contributed by atoms with Crippen LogP contribution in [-0.2, 0) is 0 Å². The minimum absolute atomic E-state index is 0.185. The minimum Gasteiger partial charge on any atom is -0.498 e. The Morgan fingerprint density at radius 3 is 2.29 bits per heavy atom. The maximum atomic E-state index is 8.39. The van der Waals surface area contributed by atoms with Gasteiger partial charge in [0.15, 0.2) is 5.22 Å². The molecule has 0 aromatic rings. The van der Waals surface area contributed by atoms with Crippen LogP contribution in [0.15, 0.2) is 23.4 Å². The summed E-state index contributed by atoms with van der Waals surface area (Å²) in [4.78, 5) is 0. The zero-order valence-corrected chi connectivity index (χ0v) is 4.87. The molecule has 0 saturated heterocycles. The molecule has 0 aliphatic carbocycles. The minimum atomic E-state index is -0.185. The van der Waals surface area contributed by atoms with Crippen molar-refractivity contribution >= 4 is 11.6 Å². The SMILES string of the molecule is C=C/C(C)=C(/O)Cl. The van der Waals surface area contributed by atoms with E-state index < -0.39 is 0 Å². The van der Waals surface area contributed by atoms with E-state index in [9.17, 15) is 0 Å². The van der Waals surface area contributed by atoms with Crippen LogP contribution in [0.4, 0.5) is 0 Å². The third-order valence-corrected chi connectivity index (χ3v) is 0.930. The van der Waals surface area contributed by atoms with Crippen molar-refractivity contribution in [3.05, 3.63) is 23.4 Å². The second-order valence-corrected chi connectivity index (χ2v) is 1.54. The molecule has 0 radical (unpaired) electrons. The number of hydrogen-bond donors (Lipinski definition) is 1. The van der Waals surface area contributed by atoms with Crippen LogP contribution in [0, 0.1) is 0 Å². The number of aliphatic hydroxyl groups excluding tert-OH is 1. The normalized spacial score (nSPS) is 12.9. The smallest absolute Gasteiger partial charge is 0.187 e. The van der Waals surface area contributed by atoms with Gasteiger partial charge in [0, 0.05) is 5.57 Å². The van der Waals surface area contributed by atoms with Crippen molar-refractivity contribution in [3.63, 3.8) is 0 Å². The van der Waals surface area contributed by atoms with E-state index in [4.69, 9.17) is 16.7 Å². The lowest BCUT2D eigenvalue weighted by molar-refractivity contribution is 0.448. The zero-order chi connectivity index (χ0) is 5.86. The van der Waals surface area contributed by atoms with Gasteiger partial charge in [-0.25, -0.2) is 0 Å². The van der Waals surface area contributed by atoms with Crippen molar-refractivity contribution < 1.29 is 5.11 Å². The number of aliphatic hydroxyl groups is 1. The van der Waals surface area contributed by atoms with Crippen molar-refractivity contribution in [3.8, 4) is 0 Å². The molecule has 0 rings (SSSR count). The highest BCUT2D eigenvalue weighted by atomic mass is 35.5. The summed E-state index contributed by atoms with van der Waals surface area (Å²) in [7, 11) is 0. The topological polar surface area (TPSA) is 20.2 Å². The van der Waals surface area contributed by atoms with Gasteiger partial charge in [-0.15, -0.1) is 0 Å². The van der Waals surface area contributed by atoms with Gasteiger partial charge in [-0.1, -0.05) is 12.7 Å². The maximum absolute atomic E-state index is 8.39. The summed E-state index contributed by atoms with van der Waals surface area (Å²) in [6.07, 6.45) is 1.49. The molecule has 2 heteroatoms. The van der Waals surface area contributed by atoms with Crippen molar-refractivity contribution in [2.75, 3.05) is 0 Å². The molecule has 40 valence electrons. The lowest BCUT2D eigenvalue weighted by Crippen LogP contribution is -1.70. The number of hydrogen-bond acceptors (Lipinski definition) is 1. The molecular weight excluding hydrogens is 112 g/mol. The van der Waals surface area contributed by atoms with Crippen LogP contribution in [0.25, 0.3) is 0 Å². The molecule has 0 aromatic heterocycles. The van der Waals surface area contributed by atoms with E-state index in [1.165, 1.54) is 6.08 Å². The standard InChI is InChI=1S/C5H7ClO/c1-3-4(2)5(6)7/h3,7H,1H2,2H3/b5-4+. The maximum Gasteiger partial charge on any atom is 0.187 e. The van der Waals surface area contributed by atoms with E-state index in [0.29, 0.717) is 5.57 Å². The van der Waals surface area contributed by atoms with Crippen LogP contribution in [0.1, 0.15) is 6.92 Å². The molecule has 7 heavy (non-hydrogen) atoms. The van der Waals surface area contributed by atoms with Gasteiger partial charge in [-0.05, 0) is 18.5 Å². The lowest BCUT2D eigenvalue weighted by atomic mass is 10.3. The van der Waals surface area contributed by atoms with Gasteiger partial charge in [-0.2, -0.15) is 0 Å². The Morgan fingerprint density at radius 2 is 2.29 bits per heavy atom. The fourth-order valence-electron chi connectivity index (χ4n) is 0.0842. The van der Waals surface area contributed by atoms with E-state index in [0.717, 1.165) is 0 Å². The summed E-state index contributed by atoms with van der Waals surface area (Å²) in [5.41, 5.74) is 0.599. The van der Waals surface area contributed by atoms with E-state index in [-0.39, 0.29) is 5.22 Å². The molecule has 0 amide bonds. The fraction of sp³-hybridized carbons (Fsp3) is 0.200. The molecule has 0 saturated carbocycles. The first kappa shape index (κ1) is 6.57. The second kappa shape index (κ2) is 2.69. The van der Waals surface area contributed by atoms with Gasteiger partial charge in [0.2, 0.25) is 0 Å². The first-order valence-corrected chi connectivity index (χ1v) is 2.24. The number of halogens is 1. The molecule has 1 nitrogen and oxygen atoms in total. The van der Waals surface area contributed by atoms with Crippen molar-refractivity contribution in [2.45, 2.75) is 6.92 Å². The molecule has 0 fully saturated rings. The van der Waals surface area contributed by atoms with Crippen LogP contribution >= 0.6 is 11.6 Å². The predicted molar refractivity (Wildman–Crippen MR) is 31.4 cm³/mol. The quantitative estimate of drug-likeness (QED) is 0.414. The molecule has 0 atom stereocenters. The van der Waals surface area contributed by atoms with Crippen LogP contribution in [0.5, 0.6) is 0 Å². The summed E-state index contributed by atoms with van der Waals surface area (Å²) in [6.45, 7) is 5.06. The largest absolute Gasteiger partial charge is 0.498 e. The lowest BCUT2D eigenvalue weighted by Gasteiger charge is -1.86. The van der Waals surface area contributed by atoms with Gasteiger partial charge >= 0.3 is 0 Å². The Hall–Kier alpha value is -0.430.